The monoisotopic (exact) mass is 532 g/mol. The van der Waals surface area contributed by atoms with Crippen LogP contribution in [0.4, 0.5) is 4.39 Å². The molecule has 1 aliphatic rings. The second-order valence-corrected chi connectivity index (χ2v) is 9.39. The Balaban J connectivity index is 1.80. The normalized spacial score (nSPS) is 22.3. The summed E-state index contributed by atoms with van der Waals surface area (Å²) < 4.78 is 35.6. The first-order chi connectivity index (χ1) is 18.1. The van der Waals surface area contributed by atoms with Gasteiger partial charge >= 0.3 is 11.9 Å². The number of rotatable bonds is 7. The molecular formula is C27H33FN2O8. The molecular weight excluding hydrogens is 499 g/mol. The maximum Gasteiger partial charge on any atom is 0.331 e. The van der Waals surface area contributed by atoms with Gasteiger partial charge in [0.1, 0.15) is 18.0 Å². The van der Waals surface area contributed by atoms with E-state index in [2.05, 4.69) is 10.3 Å². The molecule has 11 heteroatoms. The summed E-state index contributed by atoms with van der Waals surface area (Å²) in [5.74, 6) is -3.58. The topological polar surface area (TPSA) is 133 Å². The van der Waals surface area contributed by atoms with E-state index in [1.54, 1.807) is 32.9 Å². The average molecular weight is 533 g/mol. The Morgan fingerprint density at radius 1 is 1.24 bits per heavy atom. The Morgan fingerprint density at radius 2 is 1.95 bits per heavy atom. The summed E-state index contributed by atoms with van der Waals surface area (Å²) in [5, 5.41) is 12.7. The van der Waals surface area contributed by atoms with Gasteiger partial charge in [-0.15, -0.1) is 0 Å². The first-order valence-electron chi connectivity index (χ1n) is 12.4. The van der Waals surface area contributed by atoms with Crippen molar-refractivity contribution in [2.75, 3.05) is 20.3 Å². The Hall–Kier alpha value is -3.73. The third kappa shape index (κ3) is 7.41. The average Bonchev–Trinajstić information content (AvgIpc) is 2.88. The number of benzene rings is 1. The summed E-state index contributed by atoms with van der Waals surface area (Å²) >= 11 is 0. The highest BCUT2D eigenvalue weighted by Crippen LogP contribution is 2.28. The number of carbonyl (C=O) groups excluding carboxylic acids is 3. The number of esters is 2. The molecule has 0 aliphatic carbocycles. The number of amides is 1. The number of aromatic nitrogens is 1. The quantitative estimate of drug-likeness (QED) is 0.517. The van der Waals surface area contributed by atoms with Crippen LogP contribution in [0.25, 0.3) is 0 Å². The highest BCUT2D eigenvalue weighted by Gasteiger charge is 2.37. The number of nitrogens with one attached hydrogen (secondary N) is 1. The molecule has 1 aromatic heterocycles. The van der Waals surface area contributed by atoms with Crippen LogP contribution in [0.15, 0.2) is 36.5 Å². The molecule has 4 atom stereocenters. The number of cyclic esters (lactones) is 1. The van der Waals surface area contributed by atoms with Crippen LogP contribution >= 0.6 is 0 Å². The fraction of sp³-hybridized carbons (Fsp3) is 0.481. The van der Waals surface area contributed by atoms with Gasteiger partial charge in [-0.05, 0) is 37.5 Å². The number of carbonyl (C=O) groups is 3. The zero-order chi connectivity index (χ0) is 27.8. The van der Waals surface area contributed by atoms with E-state index in [9.17, 15) is 23.9 Å². The lowest BCUT2D eigenvalue weighted by Crippen LogP contribution is -2.49. The number of halogens is 1. The third-order valence-corrected chi connectivity index (χ3v) is 6.19. The molecule has 2 heterocycles. The molecule has 2 N–H and O–H groups in total. The van der Waals surface area contributed by atoms with Crippen molar-refractivity contribution < 1.29 is 42.8 Å². The molecule has 3 rings (SSSR count). The molecule has 0 saturated carbocycles. The summed E-state index contributed by atoms with van der Waals surface area (Å²) in [4.78, 5) is 42.3. The lowest BCUT2D eigenvalue weighted by Gasteiger charge is -2.34. The second kappa shape index (κ2) is 13.2. The number of aromatic hydroxyl groups is 1. The largest absolute Gasteiger partial charge is 0.503 e. The molecule has 10 nitrogen and oxygen atoms in total. The van der Waals surface area contributed by atoms with Crippen molar-refractivity contribution in [2.24, 2.45) is 11.8 Å². The van der Waals surface area contributed by atoms with Gasteiger partial charge in [-0.1, -0.05) is 26.0 Å². The SMILES string of the molecule is COc1ccnc(C(=O)N[C@H]2COCC[C@H](Cc3ccc(F)cc3)[C@@H](OC(=O)C(C)C)[C@H](C)OC2=O)c1O. The van der Waals surface area contributed by atoms with Crippen molar-refractivity contribution in [3.05, 3.63) is 53.6 Å². The van der Waals surface area contributed by atoms with Crippen molar-refractivity contribution in [1.29, 1.82) is 0 Å². The number of nitrogens with zero attached hydrogens (tertiary/aromatic N) is 1. The van der Waals surface area contributed by atoms with E-state index < -0.39 is 47.8 Å². The third-order valence-electron chi connectivity index (χ3n) is 6.19. The van der Waals surface area contributed by atoms with E-state index in [-0.39, 0.29) is 36.4 Å². The van der Waals surface area contributed by atoms with Crippen molar-refractivity contribution in [3.8, 4) is 11.5 Å². The number of pyridine rings is 1. The fourth-order valence-corrected chi connectivity index (χ4v) is 4.08. The van der Waals surface area contributed by atoms with Gasteiger partial charge in [0.25, 0.3) is 5.91 Å². The molecule has 1 fully saturated rings. The number of methoxy groups -OCH3 is 1. The standard InChI is InChI=1S/C27H33FN2O8/c1-15(2)26(33)38-24-16(3)37-27(34)20(30-25(32)22-23(31)21(35-4)9-11-29-22)14-36-12-10-18(24)13-17-5-7-19(28)8-6-17/h5-9,11,15-16,18,20,24,31H,10,12-14H2,1-4H3,(H,30,32)/t16-,18+,20-,24-/m0/s1. The first-order valence-corrected chi connectivity index (χ1v) is 12.4. The van der Waals surface area contributed by atoms with Crippen molar-refractivity contribution in [1.82, 2.24) is 10.3 Å². The van der Waals surface area contributed by atoms with Gasteiger partial charge in [0.05, 0.1) is 19.6 Å². The molecule has 1 saturated heterocycles. The molecule has 2 aromatic rings. The molecule has 1 aromatic carbocycles. The molecule has 1 aliphatic heterocycles. The lowest BCUT2D eigenvalue weighted by atomic mass is 9.88. The van der Waals surface area contributed by atoms with Gasteiger partial charge in [0, 0.05) is 24.8 Å². The van der Waals surface area contributed by atoms with Gasteiger partial charge in [-0.25, -0.2) is 14.2 Å². The number of hydrogen-bond donors (Lipinski definition) is 2. The van der Waals surface area contributed by atoms with Gasteiger partial charge in [0.15, 0.2) is 23.2 Å². The van der Waals surface area contributed by atoms with Gasteiger partial charge in [0.2, 0.25) is 0 Å². The Morgan fingerprint density at radius 3 is 2.61 bits per heavy atom. The molecule has 0 radical (unpaired) electrons. The van der Waals surface area contributed by atoms with Crippen molar-refractivity contribution in [2.45, 2.75) is 51.9 Å². The summed E-state index contributed by atoms with van der Waals surface area (Å²) in [6, 6.07) is 6.18. The molecule has 206 valence electrons. The maximum atomic E-state index is 13.4. The number of ether oxygens (including phenoxy) is 4. The molecule has 0 spiro atoms. The van der Waals surface area contributed by atoms with Crippen LogP contribution in [-0.4, -0.2) is 66.5 Å². The minimum atomic E-state index is -1.22. The highest BCUT2D eigenvalue weighted by atomic mass is 19.1. The Labute approximate surface area is 220 Å². The van der Waals surface area contributed by atoms with Crippen LogP contribution in [0.1, 0.15) is 43.2 Å². The molecule has 0 bridgehead atoms. The van der Waals surface area contributed by atoms with E-state index in [0.29, 0.717) is 12.8 Å². The van der Waals surface area contributed by atoms with Crippen LogP contribution in [-0.2, 0) is 30.2 Å². The van der Waals surface area contributed by atoms with Crippen LogP contribution in [0.2, 0.25) is 0 Å². The maximum absolute atomic E-state index is 13.4. The zero-order valence-electron chi connectivity index (χ0n) is 21.8. The van der Waals surface area contributed by atoms with Crippen LogP contribution < -0.4 is 10.1 Å². The van der Waals surface area contributed by atoms with E-state index in [0.717, 1.165) is 5.56 Å². The molecule has 38 heavy (non-hydrogen) atoms. The summed E-state index contributed by atoms with van der Waals surface area (Å²) in [6.07, 6.45) is 0.473. The predicted octanol–water partition coefficient (Wildman–Crippen LogP) is 2.81. The number of hydrogen-bond acceptors (Lipinski definition) is 9. The Bertz CT molecular complexity index is 1120. The lowest BCUT2D eigenvalue weighted by molar-refractivity contribution is -0.177. The van der Waals surface area contributed by atoms with E-state index in [1.165, 1.54) is 31.5 Å². The molecule has 1 amide bonds. The van der Waals surface area contributed by atoms with Crippen LogP contribution in [0.5, 0.6) is 11.5 Å². The summed E-state index contributed by atoms with van der Waals surface area (Å²) in [7, 11) is 1.33. The molecule has 0 unspecified atom stereocenters. The zero-order valence-corrected chi connectivity index (χ0v) is 21.8. The van der Waals surface area contributed by atoms with Crippen LogP contribution in [0, 0.1) is 17.7 Å². The van der Waals surface area contributed by atoms with Crippen LogP contribution in [0.3, 0.4) is 0 Å². The summed E-state index contributed by atoms with van der Waals surface area (Å²) in [5.41, 5.74) is 0.499. The van der Waals surface area contributed by atoms with Gasteiger partial charge in [-0.2, -0.15) is 0 Å². The van der Waals surface area contributed by atoms with Crippen molar-refractivity contribution in [3.63, 3.8) is 0 Å². The van der Waals surface area contributed by atoms with Gasteiger partial charge < -0.3 is 29.4 Å². The predicted molar refractivity (Wildman–Crippen MR) is 133 cm³/mol. The van der Waals surface area contributed by atoms with E-state index >= 15 is 0 Å². The minimum Gasteiger partial charge on any atom is -0.503 e. The Kier molecular flexibility index (Phi) is 10.0. The van der Waals surface area contributed by atoms with Gasteiger partial charge in [-0.3, -0.25) is 9.59 Å². The fourth-order valence-electron chi connectivity index (χ4n) is 4.08. The minimum absolute atomic E-state index is 0.0468. The van der Waals surface area contributed by atoms with Crippen molar-refractivity contribution >= 4 is 17.8 Å². The first kappa shape index (κ1) is 28.8. The van der Waals surface area contributed by atoms with E-state index in [4.69, 9.17) is 18.9 Å². The van der Waals surface area contributed by atoms with E-state index in [1.807, 2.05) is 0 Å². The summed E-state index contributed by atoms with van der Waals surface area (Å²) in [6.45, 7) is 5.01. The second-order valence-electron chi connectivity index (χ2n) is 9.39. The highest BCUT2D eigenvalue weighted by molar-refractivity contribution is 5.98. The smallest absolute Gasteiger partial charge is 0.331 e.